The molecule has 3 rings (SSSR count). The zero-order valence-electron chi connectivity index (χ0n) is 13.8. The molecule has 0 amide bonds. The predicted octanol–water partition coefficient (Wildman–Crippen LogP) is 3.75. The Labute approximate surface area is 153 Å². The van der Waals surface area contributed by atoms with E-state index in [9.17, 15) is 14.4 Å². The van der Waals surface area contributed by atoms with Gasteiger partial charge in [0.2, 0.25) is 0 Å². The van der Waals surface area contributed by atoms with Crippen LogP contribution in [0.25, 0.3) is 11.3 Å². The Morgan fingerprint density at radius 3 is 2.62 bits per heavy atom. The molecule has 0 aliphatic carbocycles. The van der Waals surface area contributed by atoms with Gasteiger partial charge in [0.15, 0.2) is 5.16 Å². The molecule has 2 aromatic carbocycles. The molecular weight excluding hydrogens is 353 g/mol. The number of aromatic nitrogens is 2. The van der Waals surface area contributed by atoms with Crippen molar-refractivity contribution in [1.82, 2.24) is 9.97 Å². The summed E-state index contributed by atoms with van der Waals surface area (Å²) >= 11 is 1.28. The number of ether oxygens (including phenoxy) is 1. The van der Waals surface area contributed by atoms with Crippen LogP contribution in [0.5, 0.6) is 5.75 Å². The van der Waals surface area contributed by atoms with Gasteiger partial charge in [0.05, 0.1) is 5.69 Å². The highest BCUT2D eigenvalue weighted by atomic mass is 32.2. The third-order valence-corrected chi connectivity index (χ3v) is 4.26. The summed E-state index contributed by atoms with van der Waals surface area (Å²) < 4.78 is 19.2. The third-order valence-electron chi connectivity index (χ3n) is 3.68. The molecule has 1 heterocycles. The number of hydrogen-bond donors (Lipinski definition) is 1. The summed E-state index contributed by atoms with van der Waals surface area (Å²) in [5.74, 6) is 0.227. The van der Waals surface area contributed by atoms with Crippen LogP contribution in [0, 0.1) is 17.1 Å². The summed E-state index contributed by atoms with van der Waals surface area (Å²) in [5.41, 5.74) is 0.899. The zero-order chi connectivity index (χ0) is 18.5. The van der Waals surface area contributed by atoms with Gasteiger partial charge in [-0.25, -0.2) is 9.37 Å². The predicted molar refractivity (Wildman–Crippen MR) is 97.5 cm³/mol. The van der Waals surface area contributed by atoms with Crippen molar-refractivity contribution < 1.29 is 9.13 Å². The Morgan fingerprint density at radius 1 is 1.23 bits per heavy atom. The maximum atomic E-state index is 13.6. The Morgan fingerprint density at radius 2 is 1.96 bits per heavy atom. The van der Waals surface area contributed by atoms with Crippen LogP contribution < -0.4 is 10.3 Å². The van der Waals surface area contributed by atoms with Crippen molar-refractivity contribution in [1.29, 1.82) is 5.26 Å². The quantitative estimate of drug-likeness (QED) is 0.549. The number of nitrogens with zero attached hydrogens (tertiary/aromatic N) is 2. The van der Waals surface area contributed by atoms with E-state index in [1.165, 1.54) is 17.8 Å². The van der Waals surface area contributed by atoms with Gasteiger partial charge < -0.3 is 9.72 Å². The molecule has 26 heavy (non-hydrogen) atoms. The van der Waals surface area contributed by atoms with E-state index < -0.39 is 5.56 Å². The van der Waals surface area contributed by atoms with Crippen LogP contribution in [0.3, 0.4) is 0 Å². The van der Waals surface area contributed by atoms with Gasteiger partial charge in [0.1, 0.15) is 29.8 Å². The van der Waals surface area contributed by atoms with Crippen molar-refractivity contribution in [3.05, 3.63) is 75.8 Å². The highest BCUT2D eigenvalue weighted by Crippen LogP contribution is 2.24. The lowest BCUT2D eigenvalue weighted by atomic mass is 10.1. The van der Waals surface area contributed by atoms with Crippen LogP contribution in [-0.4, -0.2) is 16.2 Å². The molecular formula is C19H14FN3O2S. The molecule has 1 N–H and O–H groups in total. The third kappa shape index (κ3) is 3.76. The topological polar surface area (TPSA) is 78.8 Å². The average Bonchev–Trinajstić information content (AvgIpc) is 2.67. The van der Waals surface area contributed by atoms with Gasteiger partial charge in [-0.3, -0.25) is 4.79 Å². The molecule has 0 unspecified atom stereocenters. The molecule has 0 saturated carbocycles. The molecule has 0 atom stereocenters. The second-order valence-corrected chi connectivity index (χ2v) is 6.11. The second kappa shape index (κ2) is 7.85. The van der Waals surface area contributed by atoms with Gasteiger partial charge in [0.25, 0.3) is 5.56 Å². The fourth-order valence-electron chi connectivity index (χ4n) is 2.35. The summed E-state index contributed by atoms with van der Waals surface area (Å²) in [7, 11) is 0. The molecule has 1 aromatic heterocycles. The molecule has 3 aromatic rings. The number of halogens is 1. The number of H-pyrrole nitrogens is 1. The minimum Gasteiger partial charge on any atom is -0.489 e. The average molecular weight is 367 g/mol. The minimum absolute atomic E-state index is 0.0391. The first-order valence-corrected chi connectivity index (χ1v) is 8.90. The summed E-state index contributed by atoms with van der Waals surface area (Å²) in [6, 6.07) is 15.1. The molecule has 130 valence electrons. The summed E-state index contributed by atoms with van der Waals surface area (Å²) in [6.45, 7) is 0.106. The van der Waals surface area contributed by atoms with Crippen LogP contribution in [0.15, 0.2) is 58.5 Å². The van der Waals surface area contributed by atoms with Gasteiger partial charge in [0, 0.05) is 11.1 Å². The normalized spacial score (nSPS) is 10.3. The molecule has 0 saturated heterocycles. The summed E-state index contributed by atoms with van der Waals surface area (Å²) in [6.07, 6.45) is 1.79. The molecule has 0 radical (unpaired) electrons. The summed E-state index contributed by atoms with van der Waals surface area (Å²) in [4.78, 5) is 18.9. The number of nitriles is 1. The number of hydrogen-bond acceptors (Lipinski definition) is 5. The van der Waals surface area contributed by atoms with Gasteiger partial charge in [-0.15, -0.1) is 0 Å². The lowest BCUT2D eigenvalue weighted by Crippen LogP contribution is -2.14. The smallest absolute Gasteiger partial charge is 0.270 e. The van der Waals surface area contributed by atoms with Gasteiger partial charge in [-0.2, -0.15) is 5.26 Å². The van der Waals surface area contributed by atoms with Gasteiger partial charge in [-0.05, 0) is 36.6 Å². The van der Waals surface area contributed by atoms with Crippen LogP contribution in [0.1, 0.15) is 11.1 Å². The molecule has 0 spiro atoms. The van der Waals surface area contributed by atoms with E-state index in [-0.39, 0.29) is 18.0 Å². The van der Waals surface area contributed by atoms with Crippen molar-refractivity contribution in [2.75, 3.05) is 6.26 Å². The van der Waals surface area contributed by atoms with Crippen LogP contribution in [-0.2, 0) is 6.61 Å². The van der Waals surface area contributed by atoms with Crippen LogP contribution >= 0.6 is 11.8 Å². The van der Waals surface area contributed by atoms with E-state index in [0.717, 1.165) is 0 Å². The maximum Gasteiger partial charge on any atom is 0.270 e. The number of rotatable bonds is 5. The molecule has 5 nitrogen and oxygen atoms in total. The first-order valence-electron chi connectivity index (χ1n) is 7.67. The zero-order valence-corrected chi connectivity index (χ0v) is 14.6. The summed E-state index contributed by atoms with van der Waals surface area (Å²) in [5, 5.41) is 9.67. The van der Waals surface area contributed by atoms with Crippen molar-refractivity contribution >= 4 is 11.8 Å². The van der Waals surface area contributed by atoms with Crippen LogP contribution in [0.2, 0.25) is 0 Å². The number of benzene rings is 2. The van der Waals surface area contributed by atoms with E-state index in [4.69, 9.17) is 4.74 Å². The first kappa shape index (κ1) is 17.7. The SMILES string of the molecule is CSc1nc(-c2ccc(OCc3ccccc3F)cc2)c(C#N)c(=O)[nH]1. The standard InChI is InChI=1S/C19H14FN3O2S/c1-26-19-22-17(15(10-21)18(24)23-19)12-6-8-14(9-7-12)25-11-13-4-2-3-5-16(13)20/h2-9H,11H2,1H3,(H,22,23,24). The van der Waals surface area contributed by atoms with E-state index in [1.54, 1.807) is 48.7 Å². The lowest BCUT2D eigenvalue weighted by Gasteiger charge is -2.09. The highest BCUT2D eigenvalue weighted by molar-refractivity contribution is 7.98. The molecule has 0 aliphatic heterocycles. The van der Waals surface area contributed by atoms with Crippen molar-refractivity contribution in [3.63, 3.8) is 0 Å². The van der Waals surface area contributed by atoms with Crippen molar-refractivity contribution in [2.24, 2.45) is 0 Å². The fourth-order valence-corrected chi connectivity index (χ4v) is 2.72. The molecule has 0 bridgehead atoms. The van der Waals surface area contributed by atoms with E-state index in [0.29, 0.717) is 27.7 Å². The monoisotopic (exact) mass is 367 g/mol. The van der Waals surface area contributed by atoms with E-state index in [1.807, 2.05) is 6.07 Å². The number of thioether (sulfide) groups is 1. The lowest BCUT2D eigenvalue weighted by molar-refractivity contribution is 0.300. The van der Waals surface area contributed by atoms with Crippen molar-refractivity contribution in [2.45, 2.75) is 11.8 Å². The maximum absolute atomic E-state index is 13.6. The molecule has 0 fully saturated rings. The Hall–Kier alpha value is -3.11. The Bertz CT molecular complexity index is 1030. The molecule has 0 aliphatic rings. The molecule has 7 heteroatoms. The van der Waals surface area contributed by atoms with E-state index in [2.05, 4.69) is 9.97 Å². The Balaban J connectivity index is 1.84. The van der Waals surface area contributed by atoms with E-state index >= 15 is 0 Å². The largest absolute Gasteiger partial charge is 0.489 e. The van der Waals surface area contributed by atoms with Gasteiger partial charge >= 0.3 is 0 Å². The first-order chi connectivity index (χ1) is 12.6. The van der Waals surface area contributed by atoms with Crippen molar-refractivity contribution in [3.8, 4) is 23.1 Å². The van der Waals surface area contributed by atoms with Crippen LogP contribution in [0.4, 0.5) is 4.39 Å². The Kier molecular flexibility index (Phi) is 5.34. The minimum atomic E-state index is -0.471. The number of nitrogens with one attached hydrogen (secondary N) is 1. The second-order valence-electron chi connectivity index (χ2n) is 5.32. The van der Waals surface area contributed by atoms with Gasteiger partial charge in [-0.1, -0.05) is 30.0 Å². The highest BCUT2D eigenvalue weighted by Gasteiger charge is 2.13. The number of aromatic amines is 1. The fraction of sp³-hybridized carbons (Fsp3) is 0.105.